The number of carbonyl (C=O) groups excluding carboxylic acids is 1. The quantitative estimate of drug-likeness (QED) is 0.495. The lowest BCUT2D eigenvalue weighted by Gasteiger charge is -2.12. The van der Waals surface area contributed by atoms with Gasteiger partial charge in [-0.15, -0.1) is 0 Å². The third kappa shape index (κ3) is 2.88. The lowest BCUT2D eigenvalue weighted by molar-refractivity contribution is -0.388. The van der Waals surface area contributed by atoms with E-state index in [0.29, 0.717) is 6.07 Å². The molecule has 0 atom stereocenters. The summed E-state index contributed by atoms with van der Waals surface area (Å²) in [6, 6.07) is 5.33. The fraction of sp³-hybridized carbons (Fsp3) is 0.0769. The molecule has 8 heteroatoms. The molecular formula is C13H7F3N2O3. The van der Waals surface area contributed by atoms with E-state index in [9.17, 15) is 28.1 Å². The van der Waals surface area contributed by atoms with Gasteiger partial charge < -0.3 is 0 Å². The number of aromatic nitrogens is 1. The van der Waals surface area contributed by atoms with E-state index < -0.39 is 33.7 Å². The molecule has 2 rings (SSSR count). The summed E-state index contributed by atoms with van der Waals surface area (Å²) in [5.41, 5.74) is -3.56. The molecule has 1 aromatic heterocycles. The first-order valence-corrected chi connectivity index (χ1v) is 5.61. The number of hydrogen-bond donors (Lipinski definition) is 0. The topological polar surface area (TPSA) is 73.1 Å². The number of halogens is 3. The van der Waals surface area contributed by atoms with Crippen LogP contribution in [0, 0.1) is 10.1 Å². The highest BCUT2D eigenvalue weighted by molar-refractivity contribution is 6.10. The second-order valence-electron chi connectivity index (χ2n) is 4.03. The molecule has 0 unspecified atom stereocenters. The van der Waals surface area contributed by atoms with Gasteiger partial charge in [-0.2, -0.15) is 13.2 Å². The van der Waals surface area contributed by atoms with Crippen molar-refractivity contribution in [1.29, 1.82) is 0 Å². The zero-order valence-electron chi connectivity index (χ0n) is 10.3. The Labute approximate surface area is 116 Å². The highest BCUT2D eigenvalue weighted by Gasteiger charge is 2.42. The standard InChI is InChI=1S/C13H7F3N2O3/c14-13(15,16)11-9(4-1-5-10(11)18(20)21)12(19)8-3-2-6-17-7-8/h1-7H. The first-order chi connectivity index (χ1) is 9.82. The molecule has 5 nitrogen and oxygen atoms in total. The second-order valence-corrected chi connectivity index (χ2v) is 4.03. The van der Waals surface area contributed by atoms with E-state index in [4.69, 9.17) is 0 Å². The van der Waals surface area contributed by atoms with Crippen molar-refractivity contribution in [2.45, 2.75) is 6.18 Å². The molecule has 0 saturated carbocycles. The SMILES string of the molecule is O=C(c1cccnc1)c1cccc([N+](=O)[O-])c1C(F)(F)F. The van der Waals surface area contributed by atoms with Gasteiger partial charge in [0.25, 0.3) is 5.69 Å². The fourth-order valence-electron chi connectivity index (χ4n) is 1.83. The van der Waals surface area contributed by atoms with Gasteiger partial charge in [-0.05, 0) is 18.2 Å². The summed E-state index contributed by atoms with van der Waals surface area (Å²) in [6.45, 7) is 0. The number of rotatable bonds is 3. The molecule has 108 valence electrons. The lowest BCUT2D eigenvalue weighted by atomic mass is 9.97. The number of pyridine rings is 1. The van der Waals surface area contributed by atoms with Gasteiger partial charge in [-0.25, -0.2) is 0 Å². The maximum atomic E-state index is 13.1. The zero-order chi connectivity index (χ0) is 15.6. The van der Waals surface area contributed by atoms with Crippen LogP contribution in [0.5, 0.6) is 0 Å². The Morgan fingerprint density at radius 3 is 2.43 bits per heavy atom. The maximum absolute atomic E-state index is 13.1. The van der Waals surface area contributed by atoms with Gasteiger partial charge in [0.2, 0.25) is 0 Å². The van der Waals surface area contributed by atoms with Gasteiger partial charge in [0.05, 0.1) is 4.92 Å². The molecule has 0 aliphatic carbocycles. The van der Waals surface area contributed by atoms with Crippen LogP contribution in [0.15, 0.2) is 42.7 Å². The van der Waals surface area contributed by atoms with Crippen molar-refractivity contribution in [3.8, 4) is 0 Å². The predicted octanol–water partition coefficient (Wildman–Crippen LogP) is 3.24. The van der Waals surface area contributed by atoms with Crippen molar-refractivity contribution < 1.29 is 22.9 Å². The number of ketones is 1. The van der Waals surface area contributed by atoms with E-state index in [2.05, 4.69) is 4.98 Å². The minimum Gasteiger partial charge on any atom is -0.289 e. The summed E-state index contributed by atoms with van der Waals surface area (Å²) < 4.78 is 39.2. The Kier molecular flexibility index (Phi) is 3.70. The lowest BCUT2D eigenvalue weighted by Crippen LogP contribution is -2.16. The smallest absolute Gasteiger partial charge is 0.289 e. The summed E-state index contributed by atoms with van der Waals surface area (Å²) >= 11 is 0. The molecule has 0 aliphatic heterocycles. The number of nitro benzene ring substituents is 1. The molecule has 1 heterocycles. The Morgan fingerprint density at radius 2 is 1.90 bits per heavy atom. The zero-order valence-corrected chi connectivity index (χ0v) is 10.3. The van der Waals surface area contributed by atoms with E-state index >= 15 is 0 Å². The van der Waals surface area contributed by atoms with Crippen molar-refractivity contribution in [1.82, 2.24) is 4.98 Å². The molecule has 2 aromatic rings. The van der Waals surface area contributed by atoms with Crippen LogP contribution < -0.4 is 0 Å². The summed E-state index contributed by atoms with van der Waals surface area (Å²) in [4.78, 5) is 25.4. The van der Waals surface area contributed by atoms with Crippen LogP contribution in [0.4, 0.5) is 18.9 Å². The molecule has 0 spiro atoms. The normalized spacial score (nSPS) is 11.2. The summed E-state index contributed by atoms with van der Waals surface area (Å²) in [5.74, 6) is -0.973. The molecule has 0 bridgehead atoms. The highest BCUT2D eigenvalue weighted by atomic mass is 19.4. The number of nitrogens with zero attached hydrogens (tertiary/aromatic N) is 2. The van der Waals surface area contributed by atoms with Crippen molar-refractivity contribution >= 4 is 11.5 Å². The van der Waals surface area contributed by atoms with E-state index in [1.165, 1.54) is 18.3 Å². The minimum atomic E-state index is -5.02. The van der Waals surface area contributed by atoms with Crippen LogP contribution in [0.1, 0.15) is 21.5 Å². The fourth-order valence-corrected chi connectivity index (χ4v) is 1.83. The number of nitro groups is 1. The molecule has 1 aromatic carbocycles. The Morgan fingerprint density at radius 1 is 1.19 bits per heavy atom. The number of alkyl halides is 3. The van der Waals surface area contributed by atoms with Gasteiger partial charge in [0.15, 0.2) is 5.78 Å². The molecule has 0 aliphatic rings. The van der Waals surface area contributed by atoms with E-state index in [-0.39, 0.29) is 5.56 Å². The minimum absolute atomic E-state index is 0.0801. The van der Waals surface area contributed by atoms with Crippen LogP contribution >= 0.6 is 0 Å². The predicted molar refractivity (Wildman–Crippen MR) is 65.8 cm³/mol. The van der Waals surface area contributed by atoms with Crippen molar-refractivity contribution in [2.24, 2.45) is 0 Å². The molecule has 0 amide bonds. The first-order valence-electron chi connectivity index (χ1n) is 5.61. The summed E-state index contributed by atoms with van der Waals surface area (Å²) in [6.07, 6.45) is -2.56. The van der Waals surface area contributed by atoms with Crippen LogP contribution in [0.25, 0.3) is 0 Å². The van der Waals surface area contributed by atoms with Crippen LogP contribution in [-0.4, -0.2) is 15.7 Å². The molecule has 0 saturated heterocycles. The molecule has 0 radical (unpaired) electrons. The van der Waals surface area contributed by atoms with Gasteiger partial charge in [0.1, 0.15) is 5.56 Å². The maximum Gasteiger partial charge on any atom is 0.423 e. The average Bonchev–Trinajstić information content (AvgIpc) is 2.45. The molecule has 0 fully saturated rings. The number of carbonyl (C=O) groups is 1. The monoisotopic (exact) mass is 296 g/mol. The first kappa shape index (κ1) is 14.6. The van der Waals surface area contributed by atoms with E-state index in [1.54, 1.807) is 0 Å². The van der Waals surface area contributed by atoms with Crippen LogP contribution in [0.3, 0.4) is 0 Å². The third-order valence-corrected chi connectivity index (χ3v) is 2.69. The van der Waals surface area contributed by atoms with Gasteiger partial charge in [0, 0.05) is 29.6 Å². The van der Waals surface area contributed by atoms with E-state index in [0.717, 1.165) is 18.3 Å². The van der Waals surface area contributed by atoms with E-state index in [1.807, 2.05) is 0 Å². The van der Waals surface area contributed by atoms with Gasteiger partial charge in [-0.3, -0.25) is 19.9 Å². The number of benzene rings is 1. The second kappa shape index (κ2) is 5.31. The summed E-state index contributed by atoms with van der Waals surface area (Å²) in [7, 11) is 0. The summed E-state index contributed by atoms with van der Waals surface area (Å²) in [5, 5.41) is 10.8. The Balaban J connectivity index is 2.67. The number of hydrogen-bond acceptors (Lipinski definition) is 4. The van der Waals surface area contributed by atoms with Gasteiger partial charge >= 0.3 is 6.18 Å². The molecular weight excluding hydrogens is 289 g/mol. The van der Waals surface area contributed by atoms with Crippen molar-refractivity contribution in [2.75, 3.05) is 0 Å². The largest absolute Gasteiger partial charge is 0.423 e. The van der Waals surface area contributed by atoms with Crippen LogP contribution in [0.2, 0.25) is 0 Å². The Bertz CT molecular complexity index is 700. The average molecular weight is 296 g/mol. The third-order valence-electron chi connectivity index (χ3n) is 2.69. The molecule has 21 heavy (non-hydrogen) atoms. The van der Waals surface area contributed by atoms with Crippen molar-refractivity contribution in [3.05, 3.63) is 69.5 Å². The van der Waals surface area contributed by atoms with Crippen molar-refractivity contribution in [3.63, 3.8) is 0 Å². The van der Waals surface area contributed by atoms with Gasteiger partial charge in [-0.1, -0.05) is 6.07 Å². The Hall–Kier alpha value is -2.77. The highest BCUT2D eigenvalue weighted by Crippen LogP contribution is 2.39. The molecule has 0 N–H and O–H groups in total. The van der Waals surface area contributed by atoms with Crippen LogP contribution in [-0.2, 0) is 6.18 Å².